The molecule has 230 valence electrons. The van der Waals surface area contributed by atoms with Gasteiger partial charge in [0, 0.05) is 18.8 Å². The number of nitriles is 1. The Morgan fingerprint density at radius 1 is 0.761 bits per heavy atom. The van der Waals surface area contributed by atoms with Gasteiger partial charge in [0.2, 0.25) is 15.9 Å². The van der Waals surface area contributed by atoms with Crippen LogP contribution in [0.5, 0.6) is 5.75 Å². The van der Waals surface area contributed by atoms with E-state index in [1.54, 1.807) is 42.5 Å². The van der Waals surface area contributed by atoms with Gasteiger partial charge in [-0.15, -0.1) is 0 Å². The molecule has 2 N–H and O–H groups in total. The fraction of sp³-hybridized carbons (Fsp3) is 0.0833. The number of aromatic carboxylic acids is 1. The van der Waals surface area contributed by atoms with Gasteiger partial charge < -0.3 is 10.2 Å². The van der Waals surface area contributed by atoms with Gasteiger partial charge >= 0.3 is 5.97 Å². The number of benzene rings is 5. The van der Waals surface area contributed by atoms with Crippen molar-refractivity contribution in [1.82, 2.24) is 4.31 Å². The number of hydrogen-bond acceptors (Lipinski definition) is 6. The number of amides is 1. The van der Waals surface area contributed by atoms with E-state index in [-0.39, 0.29) is 16.1 Å². The van der Waals surface area contributed by atoms with Crippen LogP contribution in [0.25, 0.3) is 22.3 Å². The Morgan fingerprint density at radius 2 is 1.33 bits per heavy atom. The molecule has 10 heteroatoms. The number of hydrogen-bond donors (Lipinski definition) is 2. The van der Waals surface area contributed by atoms with E-state index in [9.17, 15) is 33.5 Å². The largest absolute Gasteiger partial charge is 0.507 e. The summed E-state index contributed by atoms with van der Waals surface area (Å²) in [5, 5.41) is 29.0. The molecule has 1 amide bonds. The second-order valence-corrected chi connectivity index (χ2v) is 12.7. The molecule has 0 radical (unpaired) electrons. The molecule has 0 aromatic heterocycles. The van der Waals surface area contributed by atoms with E-state index in [0.717, 1.165) is 38.2 Å². The molecule has 0 atom stereocenters. The molecule has 0 saturated heterocycles. The number of aromatic hydroxyl groups is 1. The molecule has 5 aromatic carbocycles. The summed E-state index contributed by atoms with van der Waals surface area (Å²) in [6, 6.07) is 34.3. The lowest BCUT2D eigenvalue weighted by Gasteiger charge is -2.26. The summed E-state index contributed by atoms with van der Waals surface area (Å²) < 4.78 is 27.4. The van der Waals surface area contributed by atoms with Crippen LogP contribution in [-0.4, -0.2) is 48.4 Å². The lowest BCUT2D eigenvalue weighted by Crippen LogP contribution is -2.39. The molecule has 0 fully saturated rings. The van der Waals surface area contributed by atoms with Crippen LogP contribution in [0.4, 0.5) is 11.4 Å². The van der Waals surface area contributed by atoms with Gasteiger partial charge in [-0.05, 0) is 77.7 Å². The van der Waals surface area contributed by atoms with Gasteiger partial charge in [0.1, 0.15) is 11.3 Å². The molecule has 0 heterocycles. The second kappa shape index (κ2) is 13.1. The van der Waals surface area contributed by atoms with E-state index in [4.69, 9.17) is 0 Å². The normalized spacial score (nSPS) is 11.2. The smallest absolute Gasteiger partial charge is 0.339 e. The maximum absolute atomic E-state index is 13.8. The summed E-state index contributed by atoms with van der Waals surface area (Å²) in [4.78, 5) is 26.6. The Kier molecular flexibility index (Phi) is 9.00. The minimum Gasteiger partial charge on any atom is -0.507 e. The lowest BCUT2D eigenvalue weighted by atomic mass is 9.99. The highest BCUT2D eigenvalue weighted by Gasteiger charge is 2.27. The predicted octanol–water partition coefficient (Wildman–Crippen LogP) is 6.59. The first-order chi connectivity index (χ1) is 22.0. The number of phenols is 1. The summed E-state index contributed by atoms with van der Waals surface area (Å²) in [7, 11) is -2.70. The van der Waals surface area contributed by atoms with Crippen molar-refractivity contribution in [3.63, 3.8) is 0 Å². The number of sulfonamides is 1. The Morgan fingerprint density at radius 3 is 1.89 bits per heavy atom. The topological polar surface area (TPSA) is 139 Å². The van der Waals surface area contributed by atoms with Gasteiger partial charge in [-0.3, -0.25) is 9.69 Å². The van der Waals surface area contributed by atoms with Crippen molar-refractivity contribution in [2.75, 3.05) is 18.5 Å². The number of rotatable bonds is 9. The van der Waals surface area contributed by atoms with Crippen LogP contribution in [0.15, 0.2) is 120 Å². The van der Waals surface area contributed by atoms with E-state index < -0.39 is 34.2 Å². The fourth-order valence-electron chi connectivity index (χ4n) is 4.94. The van der Waals surface area contributed by atoms with Crippen molar-refractivity contribution < 1.29 is 28.2 Å². The molecule has 0 spiro atoms. The summed E-state index contributed by atoms with van der Waals surface area (Å²) in [6.07, 6.45) is 0. The van der Waals surface area contributed by atoms with Crippen LogP contribution in [-0.2, 0) is 14.8 Å². The number of aryl methyl sites for hydroxylation is 1. The third-order valence-corrected chi connectivity index (χ3v) is 9.29. The van der Waals surface area contributed by atoms with Gasteiger partial charge in [-0.2, -0.15) is 9.57 Å². The van der Waals surface area contributed by atoms with Gasteiger partial charge in [0.25, 0.3) is 0 Å². The van der Waals surface area contributed by atoms with Crippen LogP contribution in [0.1, 0.15) is 21.5 Å². The second-order valence-electron chi connectivity index (χ2n) is 10.6. The van der Waals surface area contributed by atoms with E-state index >= 15 is 0 Å². The average molecular weight is 632 g/mol. The molecule has 9 nitrogen and oxygen atoms in total. The quantitative estimate of drug-likeness (QED) is 0.187. The number of likely N-dealkylation sites (N-methyl/N-ethyl adjacent to an activating group) is 1. The van der Waals surface area contributed by atoms with Gasteiger partial charge in [0.05, 0.1) is 28.8 Å². The van der Waals surface area contributed by atoms with Crippen molar-refractivity contribution in [2.24, 2.45) is 0 Å². The lowest BCUT2D eigenvalue weighted by molar-refractivity contribution is -0.117. The number of carbonyl (C=O) groups is 2. The third-order valence-electron chi connectivity index (χ3n) is 7.48. The van der Waals surface area contributed by atoms with Gasteiger partial charge in [0.15, 0.2) is 0 Å². The van der Waals surface area contributed by atoms with Crippen molar-refractivity contribution in [2.45, 2.75) is 11.8 Å². The minimum atomic E-state index is -4.00. The highest BCUT2D eigenvalue weighted by atomic mass is 32.2. The molecule has 0 bridgehead atoms. The zero-order chi connectivity index (χ0) is 33.0. The summed E-state index contributed by atoms with van der Waals surface area (Å²) in [6.45, 7) is 1.30. The van der Waals surface area contributed by atoms with E-state index in [2.05, 4.69) is 6.07 Å². The van der Waals surface area contributed by atoms with Crippen molar-refractivity contribution >= 4 is 33.3 Å². The Bertz CT molecular complexity index is 2070. The average Bonchev–Trinajstić information content (AvgIpc) is 3.05. The van der Waals surface area contributed by atoms with Crippen LogP contribution < -0.4 is 4.90 Å². The van der Waals surface area contributed by atoms with Crippen molar-refractivity contribution in [3.05, 3.63) is 132 Å². The highest BCUT2D eigenvalue weighted by Crippen LogP contribution is 2.33. The van der Waals surface area contributed by atoms with Crippen LogP contribution in [0, 0.1) is 18.3 Å². The van der Waals surface area contributed by atoms with Crippen molar-refractivity contribution in [3.8, 4) is 34.1 Å². The Balaban J connectivity index is 1.45. The van der Waals surface area contributed by atoms with E-state index in [1.807, 2.05) is 49.4 Å². The first-order valence-corrected chi connectivity index (χ1v) is 15.6. The molecular weight excluding hydrogens is 602 g/mol. The number of carbonyl (C=O) groups excluding carboxylic acids is 1. The Labute approximate surface area is 266 Å². The number of carboxylic acid groups (broad SMARTS) is 1. The highest BCUT2D eigenvalue weighted by molar-refractivity contribution is 7.89. The van der Waals surface area contributed by atoms with Gasteiger partial charge in [-0.25, -0.2) is 13.2 Å². The molecule has 0 aliphatic rings. The number of anilines is 2. The zero-order valence-corrected chi connectivity index (χ0v) is 25.8. The van der Waals surface area contributed by atoms with Gasteiger partial charge in [-0.1, -0.05) is 66.2 Å². The molecule has 0 unspecified atom stereocenters. The summed E-state index contributed by atoms with van der Waals surface area (Å²) >= 11 is 0. The SMILES string of the molecule is Cc1ccc(S(=O)(=O)N(C)CC(=O)N(c2ccc(-c3ccc(-c4cccc(C#N)c4)cc3)cc2)c2ccc(C(=O)O)c(O)c2)cc1. The molecule has 5 aromatic rings. The zero-order valence-electron chi connectivity index (χ0n) is 25.0. The van der Waals surface area contributed by atoms with Crippen LogP contribution in [0.2, 0.25) is 0 Å². The first-order valence-electron chi connectivity index (χ1n) is 14.1. The monoisotopic (exact) mass is 631 g/mol. The van der Waals surface area contributed by atoms with Crippen LogP contribution in [0.3, 0.4) is 0 Å². The molecule has 0 aliphatic heterocycles. The van der Waals surface area contributed by atoms with E-state index in [1.165, 1.54) is 36.2 Å². The predicted molar refractivity (Wildman–Crippen MR) is 175 cm³/mol. The standard InChI is InChI=1S/C36H29N3O6S/c1-24-6-17-32(18-7-24)46(44,45)38(2)23-35(41)39(31-16-19-33(36(42)43)34(40)21-31)30-14-12-27(13-15-30)26-8-10-28(11-9-26)29-5-3-4-25(20-29)22-37/h3-21,40H,23H2,1-2H3,(H,42,43). The van der Waals surface area contributed by atoms with Crippen LogP contribution >= 0.6 is 0 Å². The van der Waals surface area contributed by atoms with E-state index in [0.29, 0.717) is 11.3 Å². The molecule has 5 rings (SSSR count). The van der Waals surface area contributed by atoms with Crippen molar-refractivity contribution in [1.29, 1.82) is 5.26 Å². The maximum Gasteiger partial charge on any atom is 0.339 e. The first kappa shape index (κ1) is 31.7. The summed E-state index contributed by atoms with van der Waals surface area (Å²) in [5.74, 6) is -2.50. The molecule has 46 heavy (non-hydrogen) atoms. The molecule has 0 aliphatic carbocycles. The Hall–Kier alpha value is -5.76. The number of nitrogens with zero attached hydrogens (tertiary/aromatic N) is 3. The maximum atomic E-state index is 13.8. The molecular formula is C36H29N3O6S. The fourth-order valence-corrected chi connectivity index (χ4v) is 6.06. The number of carboxylic acids is 1. The minimum absolute atomic E-state index is 0.0385. The molecule has 0 saturated carbocycles. The third kappa shape index (κ3) is 6.66. The summed E-state index contributed by atoms with van der Waals surface area (Å²) in [5.41, 5.74) is 5.26.